The number of aryl methyl sites for hydroxylation is 2. The van der Waals surface area contributed by atoms with E-state index in [4.69, 9.17) is 9.97 Å². The molecule has 0 aromatic carbocycles. The summed E-state index contributed by atoms with van der Waals surface area (Å²) in [7, 11) is 3.92. The van der Waals surface area contributed by atoms with Crippen molar-refractivity contribution in [3.05, 3.63) is 30.0 Å². The van der Waals surface area contributed by atoms with E-state index in [1.807, 2.05) is 35.9 Å². The average Bonchev–Trinajstić information content (AvgIpc) is 3.35. The van der Waals surface area contributed by atoms with Crippen LogP contribution in [0.1, 0.15) is 62.5 Å². The predicted molar refractivity (Wildman–Crippen MR) is 97.4 cm³/mol. The second-order valence-corrected chi connectivity index (χ2v) is 6.90. The number of anilines is 1. The van der Waals surface area contributed by atoms with Gasteiger partial charge in [0.1, 0.15) is 11.6 Å². The van der Waals surface area contributed by atoms with Crippen LogP contribution in [0.3, 0.4) is 0 Å². The normalized spacial score (nSPS) is 16.6. The summed E-state index contributed by atoms with van der Waals surface area (Å²) in [6.07, 6.45) is 9.54. The third kappa shape index (κ3) is 2.88. The maximum Gasteiger partial charge on any atom is 0.163 e. The van der Waals surface area contributed by atoms with Gasteiger partial charge in [-0.1, -0.05) is 19.8 Å². The van der Waals surface area contributed by atoms with Gasteiger partial charge >= 0.3 is 0 Å². The van der Waals surface area contributed by atoms with E-state index in [-0.39, 0.29) is 6.04 Å². The zero-order valence-electron chi connectivity index (χ0n) is 15.1. The number of hydrogen-bond acceptors (Lipinski definition) is 5. The van der Waals surface area contributed by atoms with Gasteiger partial charge in [0.05, 0.1) is 23.3 Å². The maximum atomic E-state index is 4.92. The lowest BCUT2D eigenvalue weighted by Crippen LogP contribution is -2.16. The van der Waals surface area contributed by atoms with E-state index in [0.29, 0.717) is 5.92 Å². The Morgan fingerprint density at radius 2 is 1.96 bits per heavy atom. The van der Waals surface area contributed by atoms with Crippen LogP contribution in [0.5, 0.6) is 0 Å². The van der Waals surface area contributed by atoms with Crippen LogP contribution in [-0.4, -0.2) is 29.5 Å². The minimum Gasteiger partial charge on any atom is -0.361 e. The highest BCUT2D eigenvalue weighted by Crippen LogP contribution is 2.34. The lowest BCUT2D eigenvalue weighted by molar-refractivity contribution is 0.628. The Morgan fingerprint density at radius 1 is 1.16 bits per heavy atom. The van der Waals surface area contributed by atoms with E-state index in [2.05, 4.69) is 28.5 Å². The Labute approximate surface area is 147 Å². The molecule has 7 heteroatoms. The molecule has 0 unspecified atom stereocenters. The van der Waals surface area contributed by atoms with Gasteiger partial charge < -0.3 is 5.32 Å². The molecule has 7 nitrogen and oxygen atoms in total. The number of nitrogens with one attached hydrogen (secondary N) is 1. The van der Waals surface area contributed by atoms with Crippen molar-refractivity contribution in [2.75, 3.05) is 5.32 Å². The highest BCUT2D eigenvalue weighted by atomic mass is 15.3. The first-order chi connectivity index (χ1) is 12.2. The fourth-order valence-electron chi connectivity index (χ4n) is 3.79. The van der Waals surface area contributed by atoms with E-state index in [9.17, 15) is 0 Å². The summed E-state index contributed by atoms with van der Waals surface area (Å²) >= 11 is 0. The van der Waals surface area contributed by atoms with Crippen LogP contribution in [0.25, 0.3) is 11.0 Å². The molecule has 0 saturated heterocycles. The molecule has 3 aromatic rings. The van der Waals surface area contributed by atoms with Gasteiger partial charge in [-0.05, 0) is 25.3 Å². The fraction of sp³-hybridized carbons (Fsp3) is 0.556. The molecule has 0 amide bonds. The lowest BCUT2D eigenvalue weighted by Gasteiger charge is -2.19. The first kappa shape index (κ1) is 16.1. The average molecular weight is 339 g/mol. The van der Waals surface area contributed by atoms with Crippen LogP contribution in [-0.2, 0) is 14.1 Å². The molecule has 25 heavy (non-hydrogen) atoms. The molecule has 0 spiro atoms. The molecule has 1 saturated carbocycles. The molecule has 3 aromatic heterocycles. The van der Waals surface area contributed by atoms with Gasteiger partial charge in [-0.25, -0.2) is 9.97 Å². The molecular weight excluding hydrogens is 314 g/mol. The van der Waals surface area contributed by atoms with Crippen molar-refractivity contribution in [1.82, 2.24) is 29.5 Å². The highest BCUT2D eigenvalue weighted by Gasteiger charge is 2.23. The summed E-state index contributed by atoms with van der Waals surface area (Å²) in [5, 5.41) is 13.3. The van der Waals surface area contributed by atoms with Crippen molar-refractivity contribution in [2.45, 2.75) is 51.0 Å². The Morgan fingerprint density at radius 3 is 2.64 bits per heavy atom. The van der Waals surface area contributed by atoms with Gasteiger partial charge in [0.15, 0.2) is 5.65 Å². The number of hydrogen-bond donors (Lipinski definition) is 1. The van der Waals surface area contributed by atoms with Crippen LogP contribution in [0.15, 0.2) is 18.5 Å². The first-order valence-electron chi connectivity index (χ1n) is 9.11. The van der Waals surface area contributed by atoms with Gasteiger partial charge in [-0.15, -0.1) is 0 Å². The van der Waals surface area contributed by atoms with Crippen molar-refractivity contribution in [3.8, 4) is 0 Å². The van der Waals surface area contributed by atoms with E-state index < -0.39 is 0 Å². The summed E-state index contributed by atoms with van der Waals surface area (Å²) < 4.78 is 3.76. The molecule has 0 bridgehead atoms. The molecule has 1 N–H and O–H groups in total. The largest absolute Gasteiger partial charge is 0.361 e. The molecule has 1 atom stereocenters. The third-order valence-corrected chi connectivity index (χ3v) is 5.26. The number of aromatic nitrogens is 6. The van der Waals surface area contributed by atoms with Crippen LogP contribution < -0.4 is 5.32 Å². The van der Waals surface area contributed by atoms with Crippen LogP contribution in [0, 0.1) is 0 Å². The van der Waals surface area contributed by atoms with Crippen molar-refractivity contribution < 1.29 is 0 Å². The zero-order chi connectivity index (χ0) is 17.4. The summed E-state index contributed by atoms with van der Waals surface area (Å²) in [5.41, 5.74) is 2.06. The van der Waals surface area contributed by atoms with Crippen LogP contribution in [0.4, 0.5) is 5.82 Å². The fourth-order valence-corrected chi connectivity index (χ4v) is 3.79. The van der Waals surface area contributed by atoms with E-state index in [1.54, 1.807) is 0 Å². The second-order valence-electron chi connectivity index (χ2n) is 6.90. The smallest absolute Gasteiger partial charge is 0.163 e. The van der Waals surface area contributed by atoms with Gasteiger partial charge in [-0.2, -0.15) is 10.2 Å². The highest BCUT2D eigenvalue weighted by molar-refractivity contribution is 5.86. The molecule has 1 fully saturated rings. The standard InChI is InChI=1S/C18H25N7/c1-4-14(15-9-10-19-24(15)2)21-17-13-11-20-25(3)18(13)23-16(22-17)12-7-5-6-8-12/h9-12,14H,4-8H2,1-3H3,(H,21,22,23)/t14-/m1/s1. The Balaban J connectivity index is 1.75. The van der Waals surface area contributed by atoms with E-state index in [0.717, 1.165) is 34.8 Å². The van der Waals surface area contributed by atoms with Gasteiger partial charge in [0.25, 0.3) is 0 Å². The van der Waals surface area contributed by atoms with Crippen molar-refractivity contribution in [2.24, 2.45) is 14.1 Å². The topological polar surface area (TPSA) is 73.5 Å². The minimum absolute atomic E-state index is 0.155. The van der Waals surface area contributed by atoms with Crippen LogP contribution in [0.2, 0.25) is 0 Å². The van der Waals surface area contributed by atoms with Crippen molar-refractivity contribution in [1.29, 1.82) is 0 Å². The molecule has 132 valence electrons. The lowest BCUT2D eigenvalue weighted by atomic mass is 10.1. The third-order valence-electron chi connectivity index (χ3n) is 5.26. The van der Waals surface area contributed by atoms with Gasteiger partial charge in [0.2, 0.25) is 0 Å². The molecule has 3 heterocycles. The number of rotatable bonds is 5. The Bertz CT molecular complexity index is 873. The molecule has 1 aliphatic rings. The quantitative estimate of drug-likeness (QED) is 0.772. The summed E-state index contributed by atoms with van der Waals surface area (Å²) in [6.45, 7) is 2.17. The Hall–Kier alpha value is -2.44. The minimum atomic E-state index is 0.155. The maximum absolute atomic E-state index is 4.92. The first-order valence-corrected chi connectivity index (χ1v) is 9.11. The second kappa shape index (κ2) is 6.46. The van der Waals surface area contributed by atoms with Gasteiger partial charge in [0, 0.05) is 26.2 Å². The van der Waals surface area contributed by atoms with Crippen LogP contribution >= 0.6 is 0 Å². The molecule has 4 rings (SSSR count). The predicted octanol–water partition coefficient (Wildman–Crippen LogP) is 3.32. The SMILES string of the molecule is CC[C@@H](Nc1nc(C2CCCC2)nc2c1cnn2C)c1ccnn1C. The number of fused-ring (bicyclic) bond motifs is 1. The van der Waals surface area contributed by atoms with Crippen molar-refractivity contribution in [3.63, 3.8) is 0 Å². The summed E-state index contributed by atoms with van der Waals surface area (Å²) in [6, 6.07) is 2.21. The molecule has 0 radical (unpaired) electrons. The van der Waals surface area contributed by atoms with Gasteiger partial charge in [-0.3, -0.25) is 9.36 Å². The van der Waals surface area contributed by atoms with E-state index >= 15 is 0 Å². The van der Waals surface area contributed by atoms with Crippen molar-refractivity contribution >= 4 is 16.9 Å². The zero-order valence-corrected chi connectivity index (χ0v) is 15.1. The Kier molecular flexibility index (Phi) is 4.15. The summed E-state index contributed by atoms with van der Waals surface area (Å²) in [4.78, 5) is 9.74. The molecule has 1 aliphatic carbocycles. The monoisotopic (exact) mass is 339 g/mol. The number of nitrogens with zero attached hydrogens (tertiary/aromatic N) is 6. The van der Waals surface area contributed by atoms with E-state index in [1.165, 1.54) is 25.7 Å². The summed E-state index contributed by atoms with van der Waals surface area (Å²) in [5.74, 6) is 2.31. The molecule has 0 aliphatic heterocycles. The molecular formula is C18H25N7.